The van der Waals surface area contributed by atoms with E-state index in [0.29, 0.717) is 13.0 Å². The molecule has 0 aliphatic carbocycles. The lowest BCUT2D eigenvalue weighted by Crippen LogP contribution is -2.55. The number of aliphatic hydroxyl groups is 3. The summed E-state index contributed by atoms with van der Waals surface area (Å²) in [5.74, 6) is 0. The molecule has 72 valence electrons. The van der Waals surface area contributed by atoms with E-state index in [4.69, 9.17) is 9.94 Å². The predicted molar refractivity (Wildman–Crippen MR) is 41.2 cm³/mol. The second-order valence-electron chi connectivity index (χ2n) is 2.92. The molecule has 0 radical (unpaired) electrons. The molecular weight excluding hydrogens is 162 g/mol. The fraction of sp³-hybridized carbons (Fsp3) is 1.00. The van der Waals surface area contributed by atoms with Crippen molar-refractivity contribution in [3.05, 3.63) is 0 Å². The molecule has 1 saturated heterocycles. The molecule has 1 aliphatic heterocycles. The Hall–Kier alpha value is -0.200. The van der Waals surface area contributed by atoms with Gasteiger partial charge in [0.25, 0.3) is 0 Å². The Bertz CT molecular complexity index is 141. The molecule has 1 heterocycles. The van der Waals surface area contributed by atoms with E-state index in [2.05, 4.69) is 0 Å². The summed E-state index contributed by atoms with van der Waals surface area (Å²) < 4.78 is 0. The van der Waals surface area contributed by atoms with Gasteiger partial charge in [0, 0.05) is 6.54 Å². The summed E-state index contributed by atoms with van der Waals surface area (Å²) in [5.41, 5.74) is 0. The molecule has 0 amide bonds. The van der Waals surface area contributed by atoms with Crippen molar-refractivity contribution in [3.63, 3.8) is 0 Å². The van der Waals surface area contributed by atoms with Gasteiger partial charge in [-0.05, 0) is 6.42 Å². The van der Waals surface area contributed by atoms with Crippen molar-refractivity contribution in [3.8, 4) is 0 Å². The van der Waals surface area contributed by atoms with E-state index in [1.165, 1.54) is 12.2 Å². The van der Waals surface area contributed by atoms with E-state index >= 15 is 0 Å². The molecule has 1 aliphatic rings. The average Bonchev–Trinajstić information content (AvgIpc) is 2.09. The zero-order chi connectivity index (χ0) is 9.14. The van der Waals surface area contributed by atoms with Gasteiger partial charge in [0.15, 0.2) is 0 Å². The third-order valence-corrected chi connectivity index (χ3v) is 2.23. The molecule has 0 aromatic carbocycles. The molecule has 3 unspecified atom stereocenters. The fourth-order valence-electron chi connectivity index (χ4n) is 1.45. The summed E-state index contributed by atoms with van der Waals surface area (Å²) in [7, 11) is 1.48. The minimum atomic E-state index is -0.927. The lowest BCUT2D eigenvalue weighted by Gasteiger charge is -2.38. The summed E-state index contributed by atoms with van der Waals surface area (Å²) in [4.78, 5) is 4.92. The van der Waals surface area contributed by atoms with Gasteiger partial charge in [-0.2, -0.15) is 5.06 Å². The van der Waals surface area contributed by atoms with Crippen molar-refractivity contribution in [2.45, 2.75) is 24.7 Å². The third-order valence-electron chi connectivity index (χ3n) is 2.23. The maximum Gasteiger partial charge on any atom is 0.1000 e. The van der Waals surface area contributed by atoms with Crippen LogP contribution < -0.4 is 0 Å². The zero-order valence-electron chi connectivity index (χ0n) is 7.05. The molecule has 0 bridgehead atoms. The monoisotopic (exact) mass is 177 g/mol. The minimum Gasteiger partial charge on any atom is -0.395 e. The van der Waals surface area contributed by atoms with E-state index in [-0.39, 0.29) is 6.61 Å². The lowest BCUT2D eigenvalue weighted by atomic mass is 9.99. The Morgan fingerprint density at radius 3 is 2.67 bits per heavy atom. The highest BCUT2D eigenvalue weighted by Crippen LogP contribution is 2.17. The van der Waals surface area contributed by atoms with Crippen molar-refractivity contribution < 1.29 is 20.2 Å². The summed E-state index contributed by atoms with van der Waals surface area (Å²) in [5, 5.41) is 29.0. The number of aliphatic hydroxyl groups excluding tert-OH is 3. The summed E-state index contributed by atoms with van der Waals surface area (Å²) >= 11 is 0. The van der Waals surface area contributed by atoms with Gasteiger partial charge in [-0.15, -0.1) is 0 Å². The summed E-state index contributed by atoms with van der Waals surface area (Å²) in [6.45, 7) is 0.312. The number of hydrogen-bond donors (Lipinski definition) is 3. The van der Waals surface area contributed by atoms with Crippen LogP contribution in [-0.4, -0.2) is 58.9 Å². The minimum absolute atomic E-state index is 0.216. The van der Waals surface area contributed by atoms with Crippen LogP contribution in [-0.2, 0) is 4.84 Å². The van der Waals surface area contributed by atoms with Crippen LogP contribution in [0.5, 0.6) is 0 Å². The Morgan fingerprint density at radius 2 is 2.17 bits per heavy atom. The third kappa shape index (κ3) is 1.75. The highest BCUT2D eigenvalue weighted by atomic mass is 16.7. The van der Waals surface area contributed by atoms with E-state index in [9.17, 15) is 10.2 Å². The Balaban J connectivity index is 2.58. The van der Waals surface area contributed by atoms with Crippen LogP contribution in [0.15, 0.2) is 0 Å². The maximum absolute atomic E-state index is 9.41. The molecule has 0 aromatic heterocycles. The highest BCUT2D eigenvalue weighted by molar-refractivity contribution is 4.85. The zero-order valence-corrected chi connectivity index (χ0v) is 7.05. The Morgan fingerprint density at radius 1 is 1.50 bits per heavy atom. The largest absolute Gasteiger partial charge is 0.395 e. The molecule has 3 N–H and O–H groups in total. The molecule has 0 spiro atoms. The maximum atomic E-state index is 9.41. The van der Waals surface area contributed by atoms with Crippen LogP contribution in [0.2, 0.25) is 0 Å². The molecular formula is C7H15NO4. The van der Waals surface area contributed by atoms with Crippen LogP contribution >= 0.6 is 0 Å². The summed E-state index contributed by atoms with van der Waals surface area (Å²) in [6, 6.07) is -0.515. The van der Waals surface area contributed by atoms with E-state index in [1.54, 1.807) is 0 Å². The average molecular weight is 177 g/mol. The first-order chi connectivity index (χ1) is 5.70. The lowest BCUT2D eigenvalue weighted by molar-refractivity contribution is -0.229. The normalized spacial score (nSPS) is 38.5. The molecule has 5 heteroatoms. The number of hydroxylamine groups is 2. The molecule has 1 fully saturated rings. The predicted octanol–water partition coefficient (Wildman–Crippen LogP) is -1.66. The first-order valence-electron chi connectivity index (χ1n) is 3.98. The van der Waals surface area contributed by atoms with Crippen molar-refractivity contribution in [1.82, 2.24) is 5.06 Å². The van der Waals surface area contributed by atoms with Gasteiger partial charge >= 0.3 is 0 Å². The van der Waals surface area contributed by atoms with Gasteiger partial charge in [0.05, 0.1) is 32.0 Å². The summed E-state index contributed by atoms with van der Waals surface area (Å²) in [6.07, 6.45) is -1.22. The fourth-order valence-corrected chi connectivity index (χ4v) is 1.45. The Labute approximate surface area is 71.1 Å². The van der Waals surface area contributed by atoms with E-state index in [1.807, 2.05) is 0 Å². The van der Waals surface area contributed by atoms with Gasteiger partial charge in [0.2, 0.25) is 0 Å². The van der Waals surface area contributed by atoms with Gasteiger partial charge in [-0.1, -0.05) is 0 Å². The standard InChI is InChI=1S/C7H15NO4/c1-12-8-3-2-6(10)7(11)5(8)4-9/h5-7,9-11H,2-4H2,1H3. The van der Waals surface area contributed by atoms with Crippen molar-refractivity contribution >= 4 is 0 Å². The first kappa shape index (κ1) is 9.88. The van der Waals surface area contributed by atoms with Crippen LogP contribution in [0, 0.1) is 0 Å². The second-order valence-corrected chi connectivity index (χ2v) is 2.92. The molecule has 0 saturated carbocycles. The van der Waals surface area contributed by atoms with Crippen LogP contribution in [0.3, 0.4) is 0 Å². The first-order valence-corrected chi connectivity index (χ1v) is 3.98. The molecule has 5 nitrogen and oxygen atoms in total. The second kappa shape index (κ2) is 4.15. The quantitative estimate of drug-likeness (QED) is 0.470. The van der Waals surface area contributed by atoms with Gasteiger partial charge in [0.1, 0.15) is 0 Å². The number of nitrogens with zero attached hydrogens (tertiary/aromatic N) is 1. The van der Waals surface area contributed by atoms with Crippen LogP contribution in [0.4, 0.5) is 0 Å². The van der Waals surface area contributed by atoms with Crippen molar-refractivity contribution in [2.75, 3.05) is 20.3 Å². The van der Waals surface area contributed by atoms with Gasteiger partial charge in [-0.25, -0.2) is 0 Å². The topological polar surface area (TPSA) is 73.2 Å². The van der Waals surface area contributed by atoms with E-state index in [0.717, 1.165) is 0 Å². The molecule has 0 aromatic rings. The molecule has 12 heavy (non-hydrogen) atoms. The van der Waals surface area contributed by atoms with Crippen molar-refractivity contribution in [1.29, 1.82) is 0 Å². The smallest absolute Gasteiger partial charge is 0.1000 e. The van der Waals surface area contributed by atoms with Crippen molar-refractivity contribution in [2.24, 2.45) is 0 Å². The molecule has 3 atom stereocenters. The van der Waals surface area contributed by atoms with E-state index < -0.39 is 18.2 Å². The number of rotatable bonds is 2. The van der Waals surface area contributed by atoms with Gasteiger partial charge < -0.3 is 20.2 Å². The Kier molecular flexibility index (Phi) is 3.42. The molecule has 1 rings (SSSR count). The van der Waals surface area contributed by atoms with Crippen LogP contribution in [0.25, 0.3) is 0 Å². The SMILES string of the molecule is CON1CCC(O)C(O)C1CO. The van der Waals surface area contributed by atoms with Crippen LogP contribution in [0.1, 0.15) is 6.42 Å². The highest BCUT2D eigenvalue weighted by Gasteiger charge is 2.35. The van der Waals surface area contributed by atoms with Gasteiger partial charge in [-0.3, -0.25) is 0 Å². The number of piperidine rings is 1. The number of hydrogen-bond acceptors (Lipinski definition) is 5.